The molecule has 100 valence electrons. The lowest BCUT2D eigenvalue weighted by Gasteiger charge is -1.97. The molecule has 1 heteroatoms. The van der Waals surface area contributed by atoms with Gasteiger partial charge in [-0.1, -0.05) is 78.9 Å². The Bertz CT molecular complexity index is 930. The maximum Gasteiger partial charge on any atom is 0.0427 e. The monoisotopic (exact) mass is 286 g/mol. The van der Waals surface area contributed by atoms with Crippen LogP contribution in [0.3, 0.4) is 0 Å². The Morgan fingerprint density at radius 1 is 0.619 bits per heavy atom. The highest BCUT2D eigenvalue weighted by molar-refractivity contribution is 7.26. The van der Waals surface area contributed by atoms with E-state index in [1.165, 1.54) is 31.3 Å². The summed E-state index contributed by atoms with van der Waals surface area (Å²) in [6.45, 7) is 0. The van der Waals surface area contributed by atoms with Crippen molar-refractivity contribution in [2.75, 3.05) is 0 Å². The zero-order valence-corrected chi connectivity index (χ0v) is 12.3. The van der Waals surface area contributed by atoms with Crippen LogP contribution in [-0.2, 0) is 0 Å². The van der Waals surface area contributed by atoms with Crippen molar-refractivity contribution in [1.82, 2.24) is 0 Å². The zero-order valence-electron chi connectivity index (χ0n) is 11.5. The van der Waals surface area contributed by atoms with Crippen molar-refractivity contribution in [1.29, 1.82) is 0 Å². The zero-order chi connectivity index (χ0) is 14.1. The molecule has 0 saturated carbocycles. The number of fused-ring (bicyclic) bond motifs is 3. The fourth-order valence-corrected chi connectivity index (χ4v) is 3.85. The van der Waals surface area contributed by atoms with Gasteiger partial charge in [0.05, 0.1) is 0 Å². The van der Waals surface area contributed by atoms with Gasteiger partial charge in [-0.3, -0.25) is 0 Å². The van der Waals surface area contributed by atoms with Crippen LogP contribution in [0.5, 0.6) is 0 Å². The minimum absolute atomic E-state index is 1.23. The third kappa shape index (κ3) is 2.26. The molecular weight excluding hydrogens is 272 g/mol. The first-order valence-electron chi connectivity index (χ1n) is 7.05. The summed E-state index contributed by atoms with van der Waals surface area (Å²) in [6.07, 6.45) is 4.40. The van der Waals surface area contributed by atoms with E-state index in [2.05, 4.69) is 78.9 Å². The Kier molecular flexibility index (Phi) is 3.06. The van der Waals surface area contributed by atoms with Crippen molar-refractivity contribution < 1.29 is 0 Å². The van der Waals surface area contributed by atoms with E-state index in [4.69, 9.17) is 0 Å². The van der Waals surface area contributed by atoms with E-state index in [1.54, 1.807) is 0 Å². The molecule has 0 atom stereocenters. The molecule has 0 nitrogen and oxygen atoms in total. The van der Waals surface area contributed by atoms with Crippen LogP contribution in [0.4, 0.5) is 0 Å². The van der Waals surface area contributed by atoms with Gasteiger partial charge in [-0.05, 0) is 17.2 Å². The first kappa shape index (κ1) is 12.4. The highest BCUT2D eigenvalue weighted by Crippen LogP contribution is 2.36. The summed E-state index contributed by atoms with van der Waals surface area (Å²) < 4.78 is 2.72. The molecular formula is C20H14S. The average molecular weight is 286 g/mol. The van der Waals surface area contributed by atoms with Gasteiger partial charge in [0, 0.05) is 20.2 Å². The fraction of sp³-hybridized carbons (Fsp3) is 0. The molecule has 0 saturated heterocycles. The summed E-state index contributed by atoms with van der Waals surface area (Å²) in [5, 5.41) is 2.71. The van der Waals surface area contributed by atoms with Crippen molar-refractivity contribution in [3.63, 3.8) is 0 Å². The van der Waals surface area contributed by atoms with Gasteiger partial charge in [-0.2, -0.15) is 0 Å². The van der Waals surface area contributed by atoms with E-state index in [0.29, 0.717) is 0 Å². The first-order chi connectivity index (χ1) is 10.4. The Labute approximate surface area is 128 Å². The Balaban J connectivity index is 1.87. The molecule has 4 aromatic rings. The molecule has 0 spiro atoms. The third-order valence-electron chi connectivity index (χ3n) is 3.69. The van der Waals surface area contributed by atoms with Crippen molar-refractivity contribution >= 4 is 43.7 Å². The van der Waals surface area contributed by atoms with Crippen molar-refractivity contribution in [2.24, 2.45) is 0 Å². The molecule has 0 N–H and O–H groups in total. The lowest BCUT2D eigenvalue weighted by molar-refractivity contribution is 1.66. The van der Waals surface area contributed by atoms with Crippen LogP contribution in [0, 0.1) is 0 Å². The summed E-state index contributed by atoms with van der Waals surface area (Å²) in [7, 11) is 0. The summed E-state index contributed by atoms with van der Waals surface area (Å²) in [4.78, 5) is 0. The van der Waals surface area contributed by atoms with Crippen LogP contribution in [0.2, 0.25) is 0 Å². The predicted octanol–water partition coefficient (Wildman–Crippen LogP) is 6.22. The normalized spacial score (nSPS) is 11.6. The van der Waals surface area contributed by atoms with Crippen LogP contribution in [-0.4, -0.2) is 0 Å². The second-order valence-corrected chi connectivity index (χ2v) is 6.12. The van der Waals surface area contributed by atoms with E-state index >= 15 is 0 Å². The first-order valence-corrected chi connectivity index (χ1v) is 7.87. The van der Waals surface area contributed by atoms with Gasteiger partial charge in [-0.15, -0.1) is 11.3 Å². The molecule has 1 heterocycles. The molecule has 0 aliphatic heterocycles. The summed E-state index contributed by atoms with van der Waals surface area (Å²) in [5.41, 5.74) is 2.52. The van der Waals surface area contributed by atoms with Crippen LogP contribution in [0.15, 0.2) is 72.8 Å². The van der Waals surface area contributed by atoms with Crippen LogP contribution in [0.1, 0.15) is 11.1 Å². The van der Waals surface area contributed by atoms with E-state index in [0.717, 1.165) is 0 Å². The quantitative estimate of drug-likeness (QED) is 0.383. The van der Waals surface area contributed by atoms with Gasteiger partial charge in [0.25, 0.3) is 0 Å². The van der Waals surface area contributed by atoms with E-state index in [1.807, 2.05) is 17.4 Å². The Morgan fingerprint density at radius 2 is 1.38 bits per heavy atom. The largest absolute Gasteiger partial charge is 0.135 e. The minimum Gasteiger partial charge on any atom is -0.135 e. The van der Waals surface area contributed by atoms with E-state index in [-0.39, 0.29) is 0 Å². The van der Waals surface area contributed by atoms with Gasteiger partial charge >= 0.3 is 0 Å². The van der Waals surface area contributed by atoms with Gasteiger partial charge in [-0.25, -0.2) is 0 Å². The number of hydrogen-bond acceptors (Lipinski definition) is 1. The Morgan fingerprint density at radius 3 is 2.29 bits per heavy atom. The maximum atomic E-state index is 2.22. The molecule has 0 aliphatic carbocycles. The molecule has 0 unspecified atom stereocenters. The predicted molar refractivity (Wildman–Crippen MR) is 94.7 cm³/mol. The average Bonchev–Trinajstić information content (AvgIpc) is 2.93. The second kappa shape index (κ2) is 5.19. The fourth-order valence-electron chi connectivity index (χ4n) is 2.65. The summed E-state index contributed by atoms with van der Waals surface area (Å²) >= 11 is 1.87. The van der Waals surface area contributed by atoms with Gasteiger partial charge in [0.15, 0.2) is 0 Å². The minimum atomic E-state index is 1.23. The molecule has 0 aliphatic rings. The maximum absolute atomic E-state index is 2.22. The van der Waals surface area contributed by atoms with Gasteiger partial charge in [0.2, 0.25) is 0 Å². The van der Waals surface area contributed by atoms with Crippen LogP contribution < -0.4 is 0 Å². The highest BCUT2D eigenvalue weighted by atomic mass is 32.1. The molecule has 0 radical (unpaired) electrons. The lowest BCUT2D eigenvalue weighted by atomic mass is 10.1. The summed E-state index contributed by atoms with van der Waals surface area (Å²) in [5.74, 6) is 0. The number of hydrogen-bond donors (Lipinski definition) is 0. The van der Waals surface area contributed by atoms with Crippen molar-refractivity contribution in [3.05, 3.63) is 83.9 Å². The highest BCUT2D eigenvalue weighted by Gasteiger charge is 2.06. The number of benzene rings is 3. The lowest BCUT2D eigenvalue weighted by Crippen LogP contribution is -1.73. The van der Waals surface area contributed by atoms with Gasteiger partial charge in [0.1, 0.15) is 0 Å². The molecule has 0 fully saturated rings. The molecule has 0 bridgehead atoms. The molecule has 21 heavy (non-hydrogen) atoms. The smallest absolute Gasteiger partial charge is 0.0427 e. The molecule has 3 aromatic carbocycles. The SMILES string of the molecule is C(=C/c1cccc2c1sc1ccccc12)/c1ccccc1. The van der Waals surface area contributed by atoms with Crippen LogP contribution in [0.25, 0.3) is 32.3 Å². The Hall–Kier alpha value is -2.38. The third-order valence-corrected chi connectivity index (χ3v) is 4.93. The standard InChI is InChI=1S/C20H14S/c1-2-7-15(8-3-1)13-14-16-9-6-11-18-17-10-4-5-12-19(17)21-20(16)18/h1-14H/b14-13-. The molecule has 1 aromatic heterocycles. The second-order valence-electron chi connectivity index (χ2n) is 5.07. The van der Waals surface area contributed by atoms with Crippen molar-refractivity contribution in [2.45, 2.75) is 0 Å². The topological polar surface area (TPSA) is 0 Å². The van der Waals surface area contributed by atoms with Gasteiger partial charge < -0.3 is 0 Å². The number of rotatable bonds is 2. The van der Waals surface area contributed by atoms with Crippen LogP contribution >= 0.6 is 11.3 Å². The summed E-state index contributed by atoms with van der Waals surface area (Å²) in [6, 6.07) is 25.6. The van der Waals surface area contributed by atoms with E-state index < -0.39 is 0 Å². The molecule has 4 rings (SSSR count). The van der Waals surface area contributed by atoms with E-state index in [9.17, 15) is 0 Å². The molecule has 0 amide bonds. The number of thiophene rings is 1. The van der Waals surface area contributed by atoms with Crippen molar-refractivity contribution in [3.8, 4) is 0 Å².